The average molecular weight is 223 g/mol. The van der Waals surface area contributed by atoms with E-state index < -0.39 is 0 Å². The van der Waals surface area contributed by atoms with Crippen LogP contribution in [0.15, 0.2) is 0 Å². The highest BCUT2D eigenvalue weighted by atomic mass is 16.2. The molecule has 2 rings (SSSR count). The molecule has 0 bridgehead atoms. The quantitative estimate of drug-likeness (QED) is 0.789. The van der Waals surface area contributed by atoms with Gasteiger partial charge in [-0.25, -0.2) is 0 Å². The van der Waals surface area contributed by atoms with E-state index in [0.717, 1.165) is 0 Å². The first kappa shape index (κ1) is 11.6. The molecule has 2 aliphatic rings. The molecule has 3 nitrogen and oxygen atoms in total. The first-order valence-electron chi connectivity index (χ1n) is 6.41. The number of hydrogen-bond donors (Lipinski definition) is 1. The molecule has 0 aromatic heterocycles. The normalized spacial score (nSPS) is 32.1. The van der Waals surface area contributed by atoms with Gasteiger partial charge in [0.1, 0.15) is 0 Å². The molecule has 16 heavy (non-hydrogen) atoms. The predicted molar refractivity (Wildman–Crippen MR) is 61.8 cm³/mol. The summed E-state index contributed by atoms with van der Waals surface area (Å²) < 4.78 is 0. The number of fused-ring (bicyclic) bond motifs is 1. The van der Waals surface area contributed by atoms with Crippen LogP contribution >= 0.6 is 0 Å². The second-order valence-corrected chi connectivity index (χ2v) is 5.48. The summed E-state index contributed by atoms with van der Waals surface area (Å²) in [6.07, 6.45) is 4.97. The zero-order chi connectivity index (χ0) is 11.7. The van der Waals surface area contributed by atoms with Gasteiger partial charge in [-0.2, -0.15) is 0 Å². The van der Waals surface area contributed by atoms with Gasteiger partial charge in [0.05, 0.1) is 6.54 Å². The van der Waals surface area contributed by atoms with Gasteiger partial charge >= 0.3 is 0 Å². The van der Waals surface area contributed by atoms with Crippen LogP contribution in [0.3, 0.4) is 0 Å². The summed E-state index contributed by atoms with van der Waals surface area (Å²) >= 11 is 0. The van der Waals surface area contributed by atoms with Gasteiger partial charge in [0.2, 0.25) is 5.91 Å². The monoisotopic (exact) mass is 223 g/mol. The number of carbonyl (C=O) groups excluding carboxylic acids is 2. The van der Waals surface area contributed by atoms with Gasteiger partial charge < -0.3 is 5.32 Å². The van der Waals surface area contributed by atoms with Gasteiger partial charge in [0.25, 0.3) is 0 Å². The third-order valence-corrected chi connectivity index (χ3v) is 4.04. The molecule has 0 spiro atoms. The minimum absolute atomic E-state index is 0.0155. The molecular weight excluding hydrogens is 202 g/mol. The van der Waals surface area contributed by atoms with Gasteiger partial charge in [-0.05, 0) is 24.7 Å². The highest BCUT2D eigenvalue weighted by Crippen LogP contribution is 2.55. The lowest BCUT2D eigenvalue weighted by molar-refractivity contribution is -0.127. The van der Waals surface area contributed by atoms with E-state index in [1.165, 1.54) is 25.7 Å². The second-order valence-electron chi connectivity index (χ2n) is 5.48. The molecule has 1 amide bonds. The van der Waals surface area contributed by atoms with Crippen LogP contribution in [0.5, 0.6) is 0 Å². The van der Waals surface area contributed by atoms with Crippen molar-refractivity contribution < 1.29 is 9.59 Å². The molecule has 2 unspecified atom stereocenters. The average Bonchev–Trinajstić information content (AvgIpc) is 2.99. The fraction of sp³-hybridized carbons (Fsp3) is 0.846. The molecular formula is C13H21NO2. The van der Waals surface area contributed by atoms with E-state index in [4.69, 9.17) is 0 Å². The summed E-state index contributed by atoms with van der Waals surface area (Å²) in [5.41, 5.74) is 0. The van der Waals surface area contributed by atoms with E-state index >= 15 is 0 Å². The van der Waals surface area contributed by atoms with Crippen LogP contribution in [0.4, 0.5) is 0 Å². The van der Waals surface area contributed by atoms with Crippen molar-refractivity contribution in [2.24, 2.45) is 23.7 Å². The maximum atomic E-state index is 11.8. The van der Waals surface area contributed by atoms with E-state index in [1.54, 1.807) is 0 Å². The molecule has 0 aliphatic heterocycles. The van der Waals surface area contributed by atoms with Gasteiger partial charge in [-0.1, -0.05) is 26.7 Å². The predicted octanol–water partition coefficient (Wildman–Crippen LogP) is 1.76. The minimum Gasteiger partial charge on any atom is -0.349 e. The molecule has 2 aliphatic carbocycles. The van der Waals surface area contributed by atoms with Crippen LogP contribution in [0.25, 0.3) is 0 Å². The van der Waals surface area contributed by atoms with Crippen molar-refractivity contribution >= 4 is 11.7 Å². The molecule has 0 aromatic rings. The van der Waals surface area contributed by atoms with Gasteiger partial charge in [0, 0.05) is 11.8 Å². The van der Waals surface area contributed by atoms with Crippen molar-refractivity contribution in [1.82, 2.24) is 5.32 Å². The second kappa shape index (κ2) is 4.56. The third-order valence-electron chi connectivity index (χ3n) is 4.04. The first-order valence-corrected chi connectivity index (χ1v) is 6.41. The summed E-state index contributed by atoms with van der Waals surface area (Å²) in [4.78, 5) is 23.2. The maximum Gasteiger partial charge on any atom is 0.224 e. The summed E-state index contributed by atoms with van der Waals surface area (Å²) in [7, 11) is 0. The Balaban J connectivity index is 1.75. The first-order chi connectivity index (χ1) is 7.61. The topological polar surface area (TPSA) is 46.2 Å². The minimum atomic E-state index is 0.0155. The Hall–Kier alpha value is -0.860. The zero-order valence-corrected chi connectivity index (χ0v) is 10.2. The number of hydrogen-bond acceptors (Lipinski definition) is 2. The fourth-order valence-electron chi connectivity index (χ4n) is 2.88. The number of amides is 1. The molecule has 0 heterocycles. The van der Waals surface area contributed by atoms with Gasteiger partial charge in [0.15, 0.2) is 5.78 Å². The number of Topliss-reactive ketones (excluding diaryl/α,β-unsaturated/α-hetero) is 1. The Labute approximate surface area is 97.0 Å². The van der Waals surface area contributed by atoms with Crippen LogP contribution in [-0.4, -0.2) is 18.2 Å². The van der Waals surface area contributed by atoms with Crippen molar-refractivity contribution in [1.29, 1.82) is 0 Å². The Kier molecular flexibility index (Phi) is 3.31. The molecule has 90 valence electrons. The number of rotatable bonds is 4. The highest BCUT2D eigenvalue weighted by molar-refractivity contribution is 5.89. The Bertz CT molecular complexity index is 286. The van der Waals surface area contributed by atoms with Crippen molar-refractivity contribution in [3.63, 3.8) is 0 Å². The van der Waals surface area contributed by atoms with Crippen molar-refractivity contribution in [3.8, 4) is 0 Å². The van der Waals surface area contributed by atoms with Gasteiger partial charge in [-0.15, -0.1) is 0 Å². The zero-order valence-electron chi connectivity index (χ0n) is 10.2. The van der Waals surface area contributed by atoms with E-state index in [1.807, 2.05) is 13.8 Å². The van der Waals surface area contributed by atoms with Crippen molar-refractivity contribution in [2.45, 2.75) is 39.5 Å². The lowest BCUT2D eigenvalue weighted by Crippen LogP contribution is -2.33. The number of ketones is 1. The summed E-state index contributed by atoms with van der Waals surface area (Å²) in [5.74, 6) is 1.73. The molecule has 0 aromatic carbocycles. The lowest BCUT2D eigenvalue weighted by atomic mass is 10.0. The highest BCUT2D eigenvalue weighted by Gasteiger charge is 2.54. The van der Waals surface area contributed by atoms with Crippen LogP contribution in [0.2, 0.25) is 0 Å². The van der Waals surface area contributed by atoms with Gasteiger partial charge in [-0.3, -0.25) is 9.59 Å². The van der Waals surface area contributed by atoms with E-state index in [2.05, 4.69) is 5.32 Å². The standard InChI is InChI=1S/C13H21NO2/c1-8(2)11(15)7-14-13(16)12-9-5-3-4-6-10(9)12/h8-10,12H,3-7H2,1-2H3,(H,14,16). The fourth-order valence-corrected chi connectivity index (χ4v) is 2.88. The van der Waals surface area contributed by atoms with E-state index in [9.17, 15) is 9.59 Å². The van der Waals surface area contributed by atoms with E-state index in [0.29, 0.717) is 11.8 Å². The molecule has 2 fully saturated rings. The third kappa shape index (κ3) is 2.28. The van der Waals surface area contributed by atoms with E-state index in [-0.39, 0.29) is 30.1 Å². The number of carbonyl (C=O) groups is 2. The van der Waals surface area contributed by atoms with Crippen LogP contribution < -0.4 is 5.32 Å². The van der Waals surface area contributed by atoms with Crippen LogP contribution in [0.1, 0.15) is 39.5 Å². The van der Waals surface area contributed by atoms with Crippen LogP contribution in [-0.2, 0) is 9.59 Å². The summed E-state index contributed by atoms with van der Waals surface area (Å²) in [6, 6.07) is 0. The molecule has 1 N–H and O–H groups in total. The molecule has 0 radical (unpaired) electrons. The van der Waals surface area contributed by atoms with Crippen LogP contribution in [0, 0.1) is 23.7 Å². The summed E-state index contributed by atoms with van der Waals surface area (Å²) in [6.45, 7) is 3.95. The number of nitrogens with one attached hydrogen (secondary N) is 1. The lowest BCUT2D eigenvalue weighted by Gasteiger charge is -2.06. The SMILES string of the molecule is CC(C)C(=O)CNC(=O)C1C2CCCCC21. The molecule has 0 saturated heterocycles. The summed E-state index contributed by atoms with van der Waals surface area (Å²) in [5, 5.41) is 2.79. The maximum absolute atomic E-state index is 11.8. The molecule has 2 atom stereocenters. The Morgan fingerprint density at radius 1 is 1.19 bits per heavy atom. The largest absolute Gasteiger partial charge is 0.349 e. The van der Waals surface area contributed by atoms with Crippen molar-refractivity contribution in [3.05, 3.63) is 0 Å². The molecule has 3 heteroatoms. The Morgan fingerprint density at radius 3 is 2.25 bits per heavy atom. The smallest absolute Gasteiger partial charge is 0.224 e. The van der Waals surface area contributed by atoms with Crippen molar-refractivity contribution in [2.75, 3.05) is 6.54 Å². The Morgan fingerprint density at radius 2 is 1.75 bits per heavy atom. The molecule has 2 saturated carbocycles.